The summed E-state index contributed by atoms with van der Waals surface area (Å²) in [4.78, 5) is 4.60. The Labute approximate surface area is 98.2 Å². The van der Waals surface area contributed by atoms with E-state index in [1.54, 1.807) is 0 Å². The Hall–Kier alpha value is -1.63. The maximum absolute atomic E-state index is 4.60. The highest BCUT2D eigenvalue weighted by Crippen LogP contribution is 2.13. The van der Waals surface area contributed by atoms with Crippen LogP contribution >= 0.6 is 0 Å². The van der Waals surface area contributed by atoms with Gasteiger partial charge < -0.3 is 0 Å². The largest absolute Gasteiger partial charge is 0.253 e. The number of hydrogen-bond acceptors (Lipinski definition) is 1. The Morgan fingerprint density at radius 2 is 1.88 bits per heavy atom. The van der Waals surface area contributed by atoms with Crippen molar-refractivity contribution in [3.05, 3.63) is 59.3 Å². The number of hydrogen-bond donors (Lipinski definition) is 0. The first-order chi connectivity index (χ1) is 7.56. The third kappa shape index (κ3) is 2.93. The molecule has 1 aromatic rings. The van der Waals surface area contributed by atoms with E-state index in [-0.39, 0.29) is 0 Å². The minimum absolute atomic E-state index is 0.959. The van der Waals surface area contributed by atoms with Crippen LogP contribution in [0.1, 0.15) is 31.9 Å². The summed E-state index contributed by atoms with van der Waals surface area (Å²) >= 11 is 0. The van der Waals surface area contributed by atoms with E-state index in [2.05, 4.69) is 30.6 Å². The molecule has 0 amide bonds. The molecule has 0 saturated heterocycles. The van der Waals surface area contributed by atoms with Crippen LogP contribution in [-0.2, 0) is 0 Å². The maximum atomic E-state index is 4.60. The molecular formula is C15H19N. The molecule has 16 heavy (non-hydrogen) atoms. The lowest BCUT2D eigenvalue weighted by Crippen LogP contribution is -1.98. The minimum Gasteiger partial charge on any atom is -0.253 e. The quantitative estimate of drug-likeness (QED) is 0.525. The summed E-state index contributed by atoms with van der Waals surface area (Å²) in [6.07, 6.45) is 1.99. The number of aryl methyl sites for hydroxylation is 1. The summed E-state index contributed by atoms with van der Waals surface area (Å²) in [7, 11) is 0. The van der Waals surface area contributed by atoms with Gasteiger partial charge in [0, 0.05) is 5.71 Å². The molecule has 0 bridgehead atoms. The molecule has 84 valence electrons. The lowest BCUT2D eigenvalue weighted by Gasteiger charge is -2.06. The van der Waals surface area contributed by atoms with Gasteiger partial charge in [-0.3, -0.25) is 4.99 Å². The van der Waals surface area contributed by atoms with E-state index in [0.29, 0.717) is 0 Å². The SMILES string of the molecule is C=C(C)C(=C/C)/N=C(\C)c1ccccc1C. The number of allylic oxidation sites excluding steroid dienone is 2. The zero-order chi connectivity index (χ0) is 12.1. The van der Waals surface area contributed by atoms with Gasteiger partial charge in [0.2, 0.25) is 0 Å². The molecule has 0 unspecified atom stereocenters. The van der Waals surface area contributed by atoms with Crippen molar-refractivity contribution in [2.24, 2.45) is 4.99 Å². The van der Waals surface area contributed by atoms with E-state index in [9.17, 15) is 0 Å². The zero-order valence-electron chi connectivity index (χ0n) is 10.5. The molecular weight excluding hydrogens is 194 g/mol. The van der Waals surface area contributed by atoms with Crippen LogP contribution in [0, 0.1) is 6.92 Å². The van der Waals surface area contributed by atoms with Crippen molar-refractivity contribution in [2.45, 2.75) is 27.7 Å². The van der Waals surface area contributed by atoms with Gasteiger partial charge in [-0.1, -0.05) is 36.9 Å². The van der Waals surface area contributed by atoms with E-state index in [1.807, 2.05) is 39.0 Å². The van der Waals surface area contributed by atoms with Gasteiger partial charge in [-0.2, -0.15) is 0 Å². The predicted octanol–water partition coefficient (Wildman–Crippen LogP) is 4.28. The Bertz CT molecular complexity index is 450. The summed E-state index contributed by atoms with van der Waals surface area (Å²) < 4.78 is 0. The molecule has 0 aromatic heterocycles. The highest BCUT2D eigenvalue weighted by molar-refractivity contribution is 6.00. The van der Waals surface area contributed by atoms with Crippen molar-refractivity contribution in [1.29, 1.82) is 0 Å². The Balaban J connectivity index is 3.12. The molecule has 0 aliphatic heterocycles. The Morgan fingerprint density at radius 3 is 2.38 bits per heavy atom. The average Bonchev–Trinajstić information content (AvgIpc) is 2.25. The van der Waals surface area contributed by atoms with Crippen LogP contribution in [0.4, 0.5) is 0 Å². The molecule has 0 fully saturated rings. The smallest absolute Gasteiger partial charge is 0.0613 e. The van der Waals surface area contributed by atoms with Gasteiger partial charge in [-0.25, -0.2) is 0 Å². The van der Waals surface area contributed by atoms with Crippen LogP contribution in [-0.4, -0.2) is 5.71 Å². The summed E-state index contributed by atoms with van der Waals surface area (Å²) in [6.45, 7) is 12.0. The van der Waals surface area contributed by atoms with Gasteiger partial charge in [-0.15, -0.1) is 0 Å². The number of aliphatic imine (C=N–C) groups is 1. The summed E-state index contributed by atoms with van der Waals surface area (Å²) in [5, 5.41) is 0. The van der Waals surface area contributed by atoms with Crippen LogP contribution in [0.25, 0.3) is 0 Å². The monoisotopic (exact) mass is 213 g/mol. The lowest BCUT2D eigenvalue weighted by atomic mass is 10.1. The first kappa shape index (κ1) is 12.4. The standard InChI is InChI=1S/C15H19N/c1-6-15(11(2)3)16-13(5)14-10-8-7-9-12(14)4/h6-10H,2H2,1,3-5H3/b15-6-,16-13+. The Morgan fingerprint density at radius 1 is 1.25 bits per heavy atom. The fourth-order valence-electron chi connectivity index (χ4n) is 1.63. The van der Waals surface area contributed by atoms with Gasteiger partial charge in [-0.05, 0) is 44.4 Å². The molecule has 0 heterocycles. The average molecular weight is 213 g/mol. The van der Waals surface area contributed by atoms with Crippen LogP contribution in [0.2, 0.25) is 0 Å². The highest BCUT2D eigenvalue weighted by atomic mass is 14.8. The minimum atomic E-state index is 0.959. The number of rotatable bonds is 3. The van der Waals surface area contributed by atoms with Crippen LogP contribution < -0.4 is 0 Å². The second-order valence-corrected chi connectivity index (χ2v) is 3.97. The molecule has 0 atom stereocenters. The fraction of sp³-hybridized carbons (Fsp3) is 0.267. The molecule has 0 spiro atoms. The van der Waals surface area contributed by atoms with Crippen molar-refractivity contribution < 1.29 is 0 Å². The van der Waals surface area contributed by atoms with Crippen molar-refractivity contribution in [3.8, 4) is 0 Å². The van der Waals surface area contributed by atoms with E-state index >= 15 is 0 Å². The second kappa shape index (κ2) is 5.45. The first-order valence-corrected chi connectivity index (χ1v) is 5.49. The molecule has 0 aliphatic carbocycles. The van der Waals surface area contributed by atoms with Crippen molar-refractivity contribution in [2.75, 3.05) is 0 Å². The van der Waals surface area contributed by atoms with Gasteiger partial charge in [0.1, 0.15) is 0 Å². The zero-order valence-corrected chi connectivity index (χ0v) is 10.5. The van der Waals surface area contributed by atoms with Crippen molar-refractivity contribution in [1.82, 2.24) is 0 Å². The molecule has 1 rings (SSSR count). The van der Waals surface area contributed by atoms with Crippen molar-refractivity contribution >= 4 is 5.71 Å². The topological polar surface area (TPSA) is 12.4 Å². The van der Waals surface area contributed by atoms with Crippen LogP contribution in [0.5, 0.6) is 0 Å². The Kier molecular flexibility index (Phi) is 4.24. The molecule has 1 aromatic carbocycles. The third-order valence-corrected chi connectivity index (χ3v) is 2.53. The van der Waals surface area contributed by atoms with Gasteiger partial charge in [0.15, 0.2) is 0 Å². The third-order valence-electron chi connectivity index (χ3n) is 2.53. The normalized spacial score (nSPS) is 12.8. The summed E-state index contributed by atoms with van der Waals surface area (Å²) in [5.41, 5.74) is 5.44. The molecule has 0 radical (unpaired) electrons. The molecule has 0 N–H and O–H groups in total. The second-order valence-electron chi connectivity index (χ2n) is 3.97. The molecule has 1 heteroatoms. The maximum Gasteiger partial charge on any atom is 0.0613 e. The van der Waals surface area contributed by atoms with Gasteiger partial charge >= 0.3 is 0 Å². The molecule has 0 aliphatic rings. The van der Waals surface area contributed by atoms with E-state index in [1.165, 1.54) is 11.1 Å². The van der Waals surface area contributed by atoms with E-state index in [4.69, 9.17) is 0 Å². The highest BCUT2D eigenvalue weighted by Gasteiger charge is 2.02. The van der Waals surface area contributed by atoms with Gasteiger partial charge in [0.25, 0.3) is 0 Å². The summed E-state index contributed by atoms with van der Waals surface area (Å²) in [6, 6.07) is 8.28. The fourth-order valence-corrected chi connectivity index (χ4v) is 1.63. The lowest BCUT2D eigenvalue weighted by molar-refractivity contribution is 1.26. The summed E-state index contributed by atoms with van der Waals surface area (Å²) in [5.74, 6) is 0. The van der Waals surface area contributed by atoms with E-state index in [0.717, 1.165) is 17.0 Å². The van der Waals surface area contributed by atoms with Crippen LogP contribution in [0.15, 0.2) is 53.2 Å². The molecule has 1 nitrogen and oxygen atoms in total. The van der Waals surface area contributed by atoms with Gasteiger partial charge in [0.05, 0.1) is 5.70 Å². The van der Waals surface area contributed by atoms with E-state index < -0.39 is 0 Å². The predicted molar refractivity (Wildman–Crippen MR) is 72.0 cm³/mol. The van der Waals surface area contributed by atoms with Crippen LogP contribution in [0.3, 0.4) is 0 Å². The number of benzene rings is 1. The first-order valence-electron chi connectivity index (χ1n) is 5.49. The number of nitrogens with zero attached hydrogens (tertiary/aromatic N) is 1. The van der Waals surface area contributed by atoms with Crippen molar-refractivity contribution in [3.63, 3.8) is 0 Å². The molecule has 0 saturated carbocycles.